The summed E-state index contributed by atoms with van der Waals surface area (Å²) in [7, 11) is 0. The molecule has 0 aromatic rings. The Morgan fingerprint density at radius 2 is 0.476 bits per heavy atom. The summed E-state index contributed by atoms with van der Waals surface area (Å²) >= 11 is -8.31. The lowest BCUT2D eigenvalue weighted by Crippen LogP contribution is -2.60. The van der Waals surface area contributed by atoms with Crippen LogP contribution in [0.1, 0.15) is 230 Å². The standard InChI is InChI=1S/C22H29NO7S.4C21H29NO6S/c1-14-4-7-18-21(2,9-8-19-22(18,3)11-29-31(27)30-19)16(14)6-5-15-17(10-28-20(15)26)23(12-24)13-25;4*1-13-4-7-17-20(2,9-8-18-21(17,3)11-27-29(25)28-18)15(13)6-5-14-16(22-12-23)10-26-19(14)24/h5,12-13,16-19H,1,4,6-11H2,2-3H3;4*5,12,15-18H,1,4,6-11H2,2-3H3,(H,22,23)/b15-5+;14-5+;3*14-5-/t16-,17?,18+,19-,21+,22+,31?;2*15-,16?,17+,18-,20+,21+,29?;15-,16+,17+,18-,20+,21+,29?;15-,16-,17+,18-,20+,21+,29?/m11111/s1. The van der Waals surface area contributed by atoms with Crippen LogP contribution in [0.25, 0.3) is 0 Å². The second kappa shape index (κ2) is 45.0. The highest BCUT2D eigenvalue weighted by Gasteiger charge is 2.67. The quantitative estimate of drug-likeness (QED) is 0.0273. The number of carbonyl (C=O) groups is 11. The second-order valence-electron chi connectivity index (χ2n) is 46.5. The van der Waals surface area contributed by atoms with Crippen molar-refractivity contribution in [3.8, 4) is 0 Å². The first-order valence-electron chi connectivity index (χ1n) is 51.7. The average Bonchev–Trinajstić information content (AvgIpc) is 1.57. The molecule has 10 saturated carbocycles. The Hall–Kier alpha value is -7.88. The zero-order valence-corrected chi connectivity index (χ0v) is 89.9. The minimum atomic E-state index is -1.69. The highest BCUT2D eigenvalue weighted by atomic mass is 32.2. The minimum Gasteiger partial charge on any atom is -0.460 e. The molecule has 10 saturated heterocycles. The van der Waals surface area contributed by atoms with Gasteiger partial charge in [0.05, 0.1) is 116 Å². The summed E-state index contributed by atoms with van der Waals surface area (Å²) in [5.41, 5.74) is 7.23. The molecule has 10 aliphatic carbocycles. The first-order valence-corrected chi connectivity index (χ1v) is 56.7. The number of fused-ring (bicyclic) bond motifs is 15. The SMILES string of the molecule is C=C1CC[C@@H]2[C@]3(C)COS(=O)O[C@@H]3CC[C@@]2(C)[C@@H]1C/C=C1/C(=O)OCC1N(C=O)C=O.C=C1CC[C@@H]2[C@]3(C)COS(=O)O[C@@H]3CC[C@@]2(C)[C@@H]1C/C=C1/C(=O)OCC1NC=O.C=C1CC[C@@H]2[C@]3(C)COS(=O)O[C@@H]3CC[C@@]2(C)[C@@H]1C/C=C1\C(=O)OCC1NC=O.C=C1CC[C@@H]2[C@]3(C)COS(=O)O[C@@H]3CC[C@@]2(C)[C@@H]1C/C=C1\C(=O)OC[C@@H]1NC=O.C=C1CC[C@@H]2[C@]3(C)COS(=O)O[C@@H]3CC[C@@]2(C)[C@@H]1C/C=C1\C(=O)OC[C@H]1NC=O. The Labute approximate surface area is 873 Å². The van der Waals surface area contributed by atoms with Crippen LogP contribution in [0, 0.1) is 113 Å². The Bertz CT molecular complexity index is 4970. The molecule has 10 aliphatic heterocycles. The summed E-state index contributed by atoms with van der Waals surface area (Å²) in [4.78, 5) is 127. The molecule has 20 fully saturated rings. The maximum atomic E-state index is 12.3. The topological polar surface area (TPSA) is 463 Å². The lowest BCUT2D eigenvalue weighted by atomic mass is 9.46. The molecule has 6 amide bonds. The number of hydrogen-bond acceptors (Lipinski definition) is 31. The number of allylic oxidation sites excluding steroid dienone is 10. The van der Waals surface area contributed by atoms with E-state index in [0.29, 0.717) is 155 Å². The van der Waals surface area contributed by atoms with E-state index >= 15 is 0 Å². The van der Waals surface area contributed by atoms with Gasteiger partial charge in [-0.15, -0.1) is 0 Å². The molecule has 8 unspecified atom stereocenters. The summed E-state index contributed by atoms with van der Waals surface area (Å²) in [6.07, 6.45) is 34.0. The fourth-order valence-corrected chi connectivity index (χ4v) is 35.8. The molecule has 0 aromatic heterocycles. The molecule has 35 atom stereocenters. The molecule has 20 aliphatic rings. The summed E-state index contributed by atoms with van der Waals surface area (Å²) in [6, 6.07) is -2.23. The van der Waals surface area contributed by atoms with Crippen LogP contribution in [-0.2, 0) is 175 Å². The van der Waals surface area contributed by atoms with Crippen LogP contribution in [0.4, 0.5) is 0 Å². The number of carbonyl (C=O) groups excluding carboxylic acids is 11. The summed E-state index contributed by atoms with van der Waals surface area (Å²) in [5.74, 6) is 0.712. The number of rotatable bonds is 21. The normalized spacial score (nSPS) is 45.5. The predicted molar refractivity (Wildman–Crippen MR) is 537 cm³/mol. The molecule has 36 nitrogen and oxygen atoms in total. The van der Waals surface area contributed by atoms with Crippen LogP contribution in [0.5, 0.6) is 0 Å². The van der Waals surface area contributed by atoms with Gasteiger partial charge < -0.3 is 45.0 Å². The third-order valence-electron chi connectivity index (χ3n) is 39.4. The Morgan fingerprint density at radius 3 is 0.673 bits per heavy atom. The van der Waals surface area contributed by atoms with Crippen LogP contribution >= 0.6 is 0 Å². The van der Waals surface area contributed by atoms with Gasteiger partial charge in [-0.25, -0.2) is 24.0 Å². The number of nitrogens with one attached hydrogen (secondary N) is 4. The maximum absolute atomic E-state index is 12.3. The number of nitrogens with zero attached hydrogens (tertiary/aromatic N) is 1. The Balaban J connectivity index is 0.000000131. The first kappa shape index (κ1) is 112. The van der Waals surface area contributed by atoms with Gasteiger partial charge in [-0.2, -0.15) is 21.0 Å². The van der Waals surface area contributed by atoms with Gasteiger partial charge in [0.15, 0.2) is 0 Å². The predicted octanol–water partition coefficient (Wildman–Crippen LogP) is 11.7. The molecule has 810 valence electrons. The van der Waals surface area contributed by atoms with E-state index in [4.69, 9.17) is 65.5 Å². The van der Waals surface area contributed by atoms with E-state index in [0.717, 1.165) is 139 Å². The first-order chi connectivity index (χ1) is 69.9. The smallest absolute Gasteiger partial charge is 0.336 e. The van der Waals surface area contributed by atoms with Crippen molar-refractivity contribution in [2.24, 2.45) is 113 Å². The van der Waals surface area contributed by atoms with E-state index < -0.39 is 68.8 Å². The zero-order valence-electron chi connectivity index (χ0n) is 85.8. The van der Waals surface area contributed by atoms with Gasteiger partial charge in [-0.05, 0) is 247 Å². The summed E-state index contributed by atoms with van der Waals surface area (Å²) in [5, 5.41) is 10.6. The van der Waals surface area contributed by atoms with E-state index in [-0.39, 0.29) is 201 Å². The van der Waals surface area contributed by atoms with Crippen molar-refractivity contribution < 1.29 is 139 Å². The van der Waals surface area contributed by atoms with Crippen molar-refractivity contribution in [2.75, 3.05) is 66.1 Å². The van der Waals surface area contributed by atoms with Crippen LogP contribution in [0.15, 0.2) is 119 Å². The molecule has 0 radical (unpaired) electrons. The van der Waals surface area contributed by atoms with E-state index in [2.05, 4.69) is 123 Å². The van der Waals surface area contributed by atoms with E-state index in [1.165, 1.54) is 22.3 Å². The second-order valence-corrected chi connectivity index (χ2v) is 50.7. The van der Waals surface area contributed by atoms with Crippen molar-refractivity contribution in [2.45, 2.75) is 290 Å². The van der Waals surface area contributed by atoms with Crippen molar-refractivity contribution in [3.63, 3.8) is 0 Å². The van der Waals surface area contributed by atoms with Crippen molar-refractivity contribution in [1.82, 2.24) is 26.2 Å². The molecule has 10 heterocycles. The molecule has 147 heavy (non-hydrogen) atoms. The third-order valence-corrected chi connectivity index (χ3v) is 42.9. The fraction of sp³-hybridized carbons (Fsp3) is 0.708. The molecule has 0 aromatic carbocycles. The summed E-state index contributed by atoms with van der Waals surface area (Å²) in [6.45, 7) is 47.1. The number of esters is 5. The number of ether oxygens (including phenoxy) is 5. The molecule has 41 heteroatoms. The molecule has 20 rings (SSSR count). The highest BCUT2D eigenvalue weighted by molar-refractivity contribution is 7.76. The van der Waals surface area contributed by atoms with Crippen molar-refractivity contribution in [1.29, 1.82) is 0 Å². The number of cyclic esters (lactones) is 5. The highest BCUT2D eigenvalue weighted by Crippen LogP contribution is 2.70. The van der Waals surface area contributed by atoms with Crippen molar-refractivity contribution >= 4 is 125 Å². The van der Waals surface area contributed by atoms with Crippen LogP contribution in [0.3, 0.4) is 0 Å². The molecule has 4 N–H and O–H groups in total. The largest absolute Gasteiger partial charge is 0.460 e. The maximum Gasteiger partial charge on any atom is 0.336 e. The lowest BCUT2D eigenvalue weighted by molar-refractivity contribution is -0.154. The van der Waals surface area contributed by atoms with Crippen LogP contribution < -0.4 is 21.3 Å². The molecular formula is C106H145N5O31S5. The van der Waals surface area contributed by atoms with Gasteiger partial charge in [-0.1, -0.05) is 160 Å². The third kappa shape index (κ3) is 21.2. The van der Waals surface area contributed by atoms with Gasteiger partial charge in [-0.3, -0.25) is 75.5 Å². The van der Waals surface area contributed by atoms with Gasteiger partial charge >= 0.3 is 86.7 Å². The number of amides is 6. The monoisotopic (exact) mass is 2140 g/mol. The number of imide groups is 1. The van der Waals surface area contributed by atoms with E-state index in [1.54, 1.807) is 0 Å². The Morgan fingerprint density at radius 1 is 0.286 bits per heavy atom. The Kier molecular flexibility index (Phi) is 34.2. The molecular weight excluding hydrogens is 2000 g/mol. The number of hydrogen-bond donors (Lipinski definition) is 4. The van der Waals surface area contributed by atoms with Gasteiger partial charge in [0.25, 0.3) is 0 Å². The lowest BCUT2D eigenvalue weighted by Gasteiger charge is -2.61. The molecule has 0 bridgehead atoms. The van der Waals surface area contributed by atoms with Crippen molar-refractivity contribution in [3.05, 3.63) is 119 Å². The summed E-state index contributed by atoms with van der Waals surface area (Å²) < 4.78 is 140. The van der Waals surface area contributed by atoms with Gasteiger partial charge in [0.1, 0.15) is 39.1 Å². The van der Waals surface area contributed by atoms with E-state index in [1.807, 2.05) is 30.4 Å². The van der Waals surface area contributed by atoms with Crippen LogP contribution in [-0.4, -0.2) is 221 Å². The average molecular weight is 2150 g/mol. The van der Waals surface area contributed by atoms with Gasteiger partial charge in [0.2, 0.25) is 38.5 Å². The molecule has 0 spiro atoms. The van der Waals surface area contributed by atoms with Crippen LogP contribution in [0.2, 0.25) is 0 Å². The fourth-order valence-electron chi connectivity index (χ4n) is 31.3. The van der Waals surface area contributed by atoms with E-state index in [9.17, 15) is 73.8 Å². The minimum absolute atomic E-state index is 0.0146. The van der Waals surface area contributed by atoms with Gasteiger partial charge in [0, 0.05) is 27.1 Å². The zero-order chi connectivity index (χ0) is 106.